The van der Waals surface area contributed by atoms with Crippen molar-refractivity contribution < 1.29 is 22.9 Å². The van der Waals surface area contributed by atoms with Gasteiger partial charge in [0, 0.05) is 17.3 Å². The van der Waals surface area contributed by atoms with E-state index in [1.807, 2.05) is 0 Å². The van der Waals surface area contributed by atoms with Crippen molar-refractivity contribution in [2.75, 3.05) is 11.8 Å². The first-order valence-corrected chi connectivity index (χ1v) is 8.67. The first-order chi connectivity index (χ1) is 11.7. The molecule has 0 saturated heterocycles. The minimum atomic E-state index is -4.10. The number of esters is 1. The molecular weight excluding hydrogens is 372 g/mol. The van der Waals surface area contributed by atoms with Gasteiger partial charge >= 0.3 is 5.97 Å². The number of nitro groups is 1. The number of benzene rings is 2. The smallest absolute Gasteiger partial charge is 0.337 e. The lowest BCUT2D eigenvalue weighted by Gasteiger charge is -2.10. The average Bonchev–Trinajstić information content (AvgIpc) is 2.56. The molecule has 0 aliphatic carbocycles. The fourth-order valence-corrected chi connectivity index (χ4v) is 3.37. The van der Waals surface area contributed by atoms with Crippen molar-refractivity contribution in [1.82, 2.24) is 0 Å². The first kappa shape index (κ1) is 18.7. The summed E-state index contributed by atoms with van der Waals surface area (Å²) in [5, 5.41) is 11.0. The van der Waals surface area contributed by atoms with Gasteiger partial charge in [0.25, 0.3) is 15.7 Å². The van der Waals surface area contributed by atoms with Gasteiger partial charge in [0.15, 0.2) is 0 Å². The van der Waals surface area contributed by atoms with Crippen LogP contribution >= 0.6 is 11.6 Å². The van der Waals surface area contributed by atoms with Gasteiger partial charge in [-0.3, -0.25) is 14.8 Å². The van der Waals surface area contributed by atoms with Crippen LogP contribution in [0.4, 0.5) is 11.4 Å². The molecule has 0 radical (unpaired) electrons. The van der Waals surface area contributed by atoms with Crippen LogP contribution < -0.4 is 4.72 Å². The molecule has 2 aromatic carbocycles. The molecule has 8 nitrogen and oxygen atoms in total. The van der Waals surface area contributed by atoms with Crippen molar-refractivity contribution >= 4 is 39.0 Å². The lowest BCUT2D eigenvalue weighted by atomic mass is 10.2. The highest BCUT2D eigenvalue weighted by Gasteiger charge is 2.22. The number of rotatable bonds is 5. The van der Waals surface area contributed by atoms with E-state index >= 15 is 0 Å². The van der Waals surface area contributed by atoms with E-state index < -0.39 is 26.6 Å². The van der Waals surface area contributed by atoms with E-state index in [4.69, 9.17) is 11.6 Å². The van der Waals surface area contributed by atoms with Crippen molar-refractivity contribution in [3.8, 4) is 0 Å². The molecule has 0 saturated carbocycles. The summed E-state index contributed by atoms with van der Waals surface area (Å²) in [4.78, 5) is 21.3. The fraction of sp³-hybridized carbons (Fsp3) is 0.133. The van der Waals surface area contributed by atoms with Gasteiger partial charge in [0.1, 0.15) is 0 Å². The van der Waals surface area contributed by atoms with Gasteiger partial charge in [-0.2, -0.15) is 0 Å². The number of carbonyl (C=O) groups is 1. The topological polar surface area (TPSA) is 116 Å². The molecule has 2 rings (SSSR count). The number of ether oxygens (including phenoxy) is 1. The van der Waals surface area contributed by atoms with Crippen molar-refractivity contribution in [2.24, 2.45) is 0 Å². The van der Waals surface area contributed by atoms with Crippen molar-refractivity contribution in [2.45, 2.75) is 11.8 Å². The first-order valence-electron chi connectivity index (χ1n) is 6.81. The second-order valence-corrected chi connectivity index (χ2v) is 7.07. The predicted octanol–water partition coefficient (Wildman–Crippen LogP) is 3.14. The Bertz CT molecular complexity index is 941. The summed E-state index contributed by atoms with van der Waals surface area (Å²) < 4.78 is 31.7. The van der Waals surface area contributed by atoms with E-state index in [0.717, 1.165) is 12.1 Å². The van der Waals surface area contributed by atoms with Crippen LogP contribution in [0.3, 0.4) is 0 Å². The third-order valence-corrected chi connectivity index (χ3v) is 5.11. The fourth-order valence-electron chi connectivity index (χ4n) is 1.99. The Morgan fingerprint density at radius 1 is 1.24 bits per heavy atom. The number of nitrogens with one attached hydrogen (secondary N) is 1. The summed E-state index contributed by atoms with van der Waals surface area (Å²) in [7, 11) is -2.87. The average molecular weight is 385 g/mol. The largest absolute Gasteiger partial charge is 0.465 e. The lowest BCUT2D eigenvalue weighted by Crippen LogP contribution is -2.14. The molecule has 25 heavy (non-hydrogen) atoms. The highest BCUT2D eigenvalue weighted by molar-refractivity contribution is 7.92. The minimum absolute atomic E-state index is 0.0318. The number of hydrogen-bond donors (Lipinski definition) is 1. The Hall–Kier alpha value is -2.65. The molecule has 10 heteroatoms. The number of nitro benzene ring substituents is 1. The molecule has 0 amide bonds. The van der Waals surface area contributed by atoms with Crippen LogP contribution in [0.15, 0.2) is 41.3 Å². The Morgan fingerprint density at radius 3 is 2.36 bits per heavy atom. The molecule has 132 valence electrons. The predicted molar refractivity (Wildman–Crippen MR) is 91.4 cm³/mol. The molecule has 0 bridgehead atoms. The Kier molecular flexibility index (Phi) is 5.29. The monoisotopic (exact) mass is 384 g/mol. The molecule has 1 N–H and O–H groups in total. The Balaban J connectivity index is 2.36. The second-order valence-electron chi connectivity index (χ2n) is 4.98. The highest BCUT2D eigenvalue weighted by atomic mass is 35.5. The van der Waals surface area contributed by atoms with E-state index in [0.29, 0.717) is 0 Å². The quantitative estimate of drug-likeness (QED) is 0.481. The van der Waals surface area contributed by atoms with Crippen molar-refractivity contribution in [1.29, 1.82) is 0 Å². The lowest BCUT2D eigenvalue weighted by molar-refractivity contribution is -0.385. The molecule has 2 aromatic rings. The van der Waals surface area contributed by atoms with Gasteiger partial charge in [-0.25, -0.2) is 13.2 Å². The molecule has 0 heterocycles. The van der Waals surface area contributed by atoms with Crippen LogP contribution in [0.25, 0.3) is 0 Å². The molecule has 0 fully saturated rings. The van der Waals surface area contributed by atoms with Crippen molar-refractivity contribution in [3.63, 3.8) is 0 Å². The third-order valence-electron chi connectivity index (χ3n) is 3.36. The zero-order chi connectivity index (χ0) is 18.8. The maximum atomic E-state index is 12.4. The zero-order valence-electron chi connectivity index (χ0n) is 13.1. The Morgan fingerprint density at radius 2 is 1.84 bits per heavy atom. The van der Waals surface area contributed by atoms with Gasteiger partial charge in [-0.1, -0.05) is 11.6 Å². The molecule has 0 aliphatic heterocycles. The molecule has 0 unspecified atom stereocenters. The van der Waals surface area contributed by atoms with Crippen LogP contribution in [-0.4, -0.2) is 26.4 Å². The molecule has 0 aliphatic rings. The van der Waals surface area contributed by atoms with E-state index in [1.165, 1.54) is 38.3 Å². The van der Waals surface area contributed by atoms with Crippen LogP contribution in [0.2, 0.25) is 5.02 Å². The summed E-state index contributed by atoms with van der Waals surface area (Å²) >= 11 is 5.90. The SMILES string of the molecule is COC(=O)c1ccc(NS(=O)(=O)c2cc(Cl)c(C)c([N+](=O)[O-])c2)cc1. The van der Waals surface area contributed by atoms with Gasteiger partial charge in [-0.15, -0.1) is 0 Å². The van der Waals surface area contributed by atoms with Crippen molar-refractivity contribution in [3.05, 3.63) is 62.7 Å². The van der Waals surface area contributed by atoms with Gasteiger partial charge in [0.05, 0.1) is 27.5 Å². The number of hydrogen-bond acceptors (Lipinski definition) is 6. The number of sulfonamides is 1. The Labute approximate surface area is 148 Å². The summed E-state index contributed by atoms with van der Waals surface area (Å²) in [5.41, 5.74) is 0.202. The highest BCUT2D eigenvalue weighted by Crippen LogP contribution is 2.30. The second kappa shape index (κ2) is 7.08. The standard InChI is InChI=1S/C15H13ClN2O6S/c1-9-13(16)7-12(8-14(9)18(20)21)25(22,23)17-11-5-3-10(4-6-11)15(19)24-2/h3-8,17H,1-2H3. The number of nitrogens with zero attached hydrogens (tertiary/aromatic N) is 1. The third kappa shape index (κ3) is 4.06. The summed E-state index contributed by atoms with van der Waals surface area (Å²) in [6.07, 6.45) is 0. The van der Waals surface area contributed by atoms with E-state index in [9.17, 15) is 23.3 Å². The van der Waals surface area contributed by atoms with E-state index in [-0.39, 0.29) is 26.7 Å². The normalized spacial score (nSPS) is 11.0. The van der Waals surface area contributed by atoms with E-state index in [1.54, 1.807) is 0 Å². The molecular formula is C15H13ClN2O6S. The minimum Gasteiger partial charge on any atom is -0.465 e. The van der Waals surface area contributed by atoms with Gasteiger partial charge in [0.2, 0.25) is 0 Å². The van der Waals surface area contributed by atoms with Crippen LogP contribution in [0.5, 0.6) is 0 Å². The van der Waals surface area contributed by atoms with Crippen LogP contribution in [0.1, 0.15) is 15.9 Å². The molecule has 0 spiro atoms. The van der Waals surface area contributed by atoms with Crippen LogP contribution in [0, 0.1) is 17.0 Å². The van der Waals surface area contributed by atoms with Gasteiger partial charge < -0.3 is 4.74 Å². The summed E-state index contributed by atoms with van der Waals surface area (Å²) in [6, 6.07) is 7.58. The summed E-state index contributed by atoms with van der Waals surface area (Å²) in [6.45, 7) is 1.43. The van der Waals surface area contributed by atoms with Crippen LogP contribution in [-0.2, 0) is 14.8 Å². The van der Waals surface area contributed by atoms with Gasteiger partial charge in [-0.05, 0) is 37.3 Å². The maximum Gasteiger partial charge on any atom is 0.337 e. The number of carbonyl (C=O) groups excluding carboxylic acids is 1. The number of halogens is 1. The number of methoxy groups -OCH3 is 1. The maximum absolute atomic E-state index is 12.4. The summed E-state index contributed by atoms with van der Waals surface area (Å²) in [5.74, 6) is -0.560. The van der Waals surface area contributed by atoms with E-state index in [2.05, 4.69) is 9.46 Å². The zero-order valence-corrected chi connectivity index (χ0v) is 14.7. The number of anilines is 1. The molecule has 0 atom stereocenters. The molecule has 0 aromatic heterocycles.